The molecule has 0 aromatic heterocycles. The Balaban J connectivity index is 1.64. The average Bonchev–Trinajstić information content (AvgIpc) is 2.64. The van der Waals surface area contributed by atoms with Gasteiger partial charge in [0.1, 0.15) is 11.9 Å². The zero-order valence-electron chi connectivity index (χ0n) is 14.2. The molecule has 2 aromatic rings. The lowest BCUT2D eigenvalue weighted by Crippen LogP contribution is -2.38. The van der Waals surface area contributed by atoms with Crippen molar-refractivity contribution in [3.05, 3.63) is 58.1 Å². The van der Waals surface area contributed by atoms with E-state index in [9.17, 15) is 18.9 Å². The fraction of sp³-hybridized carbons (Fsp3) is 0.333. The van der Waals surface area contributed by atoms with E-state index in [-0.39, 0.29) is 23.3 Å². The number of anilines is 1. The molecule has 1 aliphatic heterocycles. The summed E-state index contributed by atoms with van der Waals surface area (Å²) in [6.07, 6.45) is 1.12. The summed E-state index contributed by atoms with van der Waals surface area (Å²) >= 11 is 0. The Hall–Kier alpha value is -2.90. The topological polar surface area (TPSA) is 64.8 Å². The van der Waals surface area contributed by atoms with Crippen molar-refractivity contribution >= 4 is 11.4 Å². The van der Waals surface area contributed by atoms with Gasteiger partial charge in [-0.3, -0.25) is 10.1 Å². The molecule has 0 radical (unpaired) electrons. The van der Waals surface area contributed by atoms with Gasteiger partial charge in [0.25, 0.3) is 0 Å². The lowest BCUT2D eigenvalue weighted by atomic mass is 10.1. The molecule has 2 aromatic carbocycles. The van der Waals surface area contributed by atoms with Crippen molar-refractivity contribution in [2.75, 3.05) is 25.1 Å². The summed E-state index contributed by atoms with van der Waals surface area (Å²) in [5.41, 5.74) is 0.736. The number of nitro benzene ring substituents is 1. The molecule has 0 amide bonds. The second-order valence-corrected chi connectivity index (χ2v) is 5.99. The quantitative estimate of drug-likeness (QED) is 0.594. The van der Waals surface area contributed by atoms with Crippen LogP contribution in [0, 0.1) is 21.7 Å². The van der Waals surface area contributed by atoms with Gasteiger partial charge in [-0.1, -0.05) is 0 Å². The Kier molecular flexibility index (Phi) is 5.20. The van der Waals surface area contributed by atoms with Gasteiger partial charge < -0.3 is 14.4 Å². The third-order valence-corrected chi connectivity index (χ3v) is 4.35. The standard InChI is InChI=1S/C18H18F2N2O4/c1-25-18-11-13(3-4-16(18)22(23)24)21-8-6-14(7-9-21)26-17-5-2-12(19)10-15(17)20/h2-5,10-11,14H,6-9H2,1H3. The van der Waals surface area contributed by atoms with E-state index in [1.54, 1.807) is 12.1 Å². The van der Waals surface area contributed by atoms with E-state index >= 15 is 0 Å². The van der Waals surface area contributed by atoms with Crippen LogP contribution in [0.1, 0.15) is 12.8 Å². The van der Waals surface area contributed by atoms with Gasteiger partial charge in [0.15, 0.2) is 17.3 Å². The van der Waals surface area contributed by atoms with Gasteiger partial charge in [-0.05, 0) is 18.2 Å². The molecule has 0 spiro atoms. The normalized spacial score (nSPS) is 15.0. The van der Waals surface area contributed by atoms with E-state index in [2.05, 4.69) is 4.90 Å². The van der Waals surface area contributed by atoms with Gasteiger partial charge in [-0.15, -0.1) is 0 Å². The minimum atomic E-state index is -0.715. The number of nitro groups is 1. The number of halogens is 2. The maximum Gasteiger partial charge on any atom is 0.311 e. The average molecular weight is 364 g/mol. The third-order valence-electron chi connectivity index (χ3n) is 4.35. The van der Waals surface area contributed by atoms with Crippen molar-refractivity contribution in [3.8, 4) is 11.5 Å². The molecule has 1 saturated heterocycles. The number of nitrogens with zero attached hydrogens (tertiary/aromatic N) is 2. The largest absolute Gasteiger partial charge is 0.490 e. The molecule has 0 atom stereocenters. The summed E-state index contributed by atoms with van der Waals surface area (Å²) in [6, 6.07) is 7.99. The van der Waals surface area contributed by atoms with Crippen LogP contribution in [0.5, 0.6) is 11.5 Å². The van der Waals surface area contributed by atoms with Gasteiger partial charge in [-0.2, -0.15) is 0 Å². The van der Waals surface area contributed by atoms with Crippen molar-refractivity contribution < 1.29 is 23.2 Å². The summed E-state index contributed by atoms with van der Waals surface area (Å²) in [5.74, 6) is -1.11. The Morgan fingerprint density at radius 2 is 1.85 bits per heavy atom. The highest BCUT2D eigenvalue weighted by Gasteiger charge is 2.24. The first-order chi connectivity index (χ1) is 12.5. The molecule has 0 saturated carbocycles. The molecular weight excluding hydrogens is 346 g/mol. The molecule has 1 aliphatic rings. The monoisotopic (exact) mass is 364 g/mol. The Morgan fingerprint density at radius 3 is 2.46 bits per heavy atom. The SMILES string of the molecule is COc1cc(N2CCC(Oc3ccc(F)cc3F)CC2)ccc1[N+](=O)[O-]. The van der Waals surface area contributed by atoms with E-state index in [0.29, 0.717) is 25.9 Å². The maximum absolute atomic E-state index is 13.7. The van der Waals surface area contributed by atoms with E-state index in [1.807, 2.05) is 0 Å². The molecule has 138 valence electrons. The highest BCUT2D eigenvalue weighted by Crippen LogP contribution is 2.33. The third kappa shape index (κ3) is 3.84. The van der Waals surface area contributed by atoms with Gasteiger partial charge in [0.2, 0.25) is 0 Å². The minimum absolute atomic E-state index is 0.0434. The zero-order chi connectivity index (χ0) is 18.7. The molecule has 1 fully saturated rings. The van der Waals surface area contributed by atoms with E-state index in [0.717, 1.165) is 17.8 Å². The predicted octanol–water partition coefficient (Wildman–Crippen LogP) is 3.93. The van der Waals surface area contributed by atoms with E-state index in [1.165, 1.54) is 19.2 Å². The van der Waals surface area contributed by atoms with Crippen LogP contribution >= 0.6 is 0 Å². The molecule has 26 heavy (non-hydrogen) atoms. The molecule has 1 heterocycles. The summed E-state index contributed by atoms with van der Waals surface area (Å²) in [7, 11) is 1.39. The van der Waals surface area contributed by atoms with Gasteiger partial charge in [-0.25, -0.2) is 8.78 Å². The minimum Gasteiger partial charge on any atom is -0.490 e. The first kappa shape index (κ1) is 17.9. The number of rotatable bonds is 5. The lowest BCUT2D eigenvalue weighted by Gasteiger charge is -2.33. The van der Waals surface area contributed by atoms with Gasteiger partial charge >= 0.3 is 5.69 Å². The van der Waals surface area contributed by atoms with Crippen LogP contribution in [0.25, 0.3) is 0 Å². The summed E-state index contributed by atoms with van der Waals surface area (Å²) in [5, 5.41) is 11.0. The van der Waals surface area contributed by atoms with Crippen LogP contribution in [-0.2, 0) is 0 Å². The van der Waals surface area contributed by atoms with Crippen LogP contribution < -0.4 is 14.4 Å². The number of benzene rings is 2. The first-order valence-corrected chi connectivity index (χ1v) is 8.17. The molecule has 8 heteroatoms. The fourth-order valence-electron chi connectivity index (χ4n) is 3.00. The molecular formula is C18H18F2N2O4. The number of methoxy groups -OCH3 is 1. The smallest absolute Gasteiger partial charge is 0.311 e. The Bertz CT molecular complexity index is 808. The van der Waals surface area contributed by atoms with Crippen molar-refractivity contribution in [2.24, 2.45) is 0 Å². The lowest BCUT2D eigenvalue weighted by molar-refractivity contribution is -0.385. The van der Waals surface area contributed by atoms with E-state index < -0.39 is 16.6 Å². The van der Waals surface area contributed by atoms with Crippen LogP contribution in [0.15, 0.2) is 36.4 Å². The predicted molar refractivity (Wildman–Crippen MR) is 91.9 cm³/mol. The number of hydrogen-bond acceptors (Lipinski definition) is 5. The van der Waals surface area contributed by atoms with E-state index in [4.69, 9.17) is 9.47 Å². The van der Waals surface area contributed by atoms with Crippen molar-refractivity contribution in [3.63, 3.8) is 0 Å². The number of hydrogen-bond donors (Lipinski definition) is 0. The van der Waals surface area contributed by atoms with Gasteiger partial charge in [0, 0.05) is 49.8 Å². The van der Waals surface area contributed by atoms with Crippen LogP contribution in [0.2, 0.25) is 0 Å². The summed E-state index contributed by atoms with van der Waals surface area (Å²) in [4.78, 5) is 12.6. The molecule has 0 aliphatic carbocycles. The van der Waals surface area contributed by atoms with Crippen molar-refractivity contribution in [2.45, 2.75) is 18.9 Å². The Labute approximate surface area is 149 Å². The molecule has 0 N–H and O–H groups in total. The van der Waals surface area contributed by atoms with Crippen molar-refractivity contribution in [1.29, 1.82) is 0 Å². The van der Waals surface area contributed by atoms with Crippen LogP contribution in [-0.4, -0.2) is 31.2 Å². The highest BCUT2D eigenvalue weighted by molar-refractivity contribution is 5.59. The second kappa shape index (κ2) is 7.55. The zero-order valence-corrected chi connectivity index (χ0v) is 14.2. The number of ether oxygens (including phenoxy) is 2. The van der Waals surface area contributed by atoms with Crippen LogP contribution in [0.3, 0.4) is 0 Å². The Morgan fingerprint density at radius 1 is 1.12 bits per heavy atom. The second-order valence-electron chi connectivity index (χ2n) is 5.99. The highest BCUT2D eigenvalue weighted by atomic mass is 19.1. The fourth-order valence-corrected chi connectivity index (χ4v) is 3.00. The summed E-state index contributed by atoms with van der Waals surface area (Å²) < 4.78 is 37.4. The summed E-state index contributed by atoms with van der Waals surface area (Å²) in [6.45, 7) is 1.29. The molecule has 0 bridgehead atoms. The molecule has 0 unspecified atom stereocenters. The van der Waals surface area contributed by atoms with Crippen LogP contribution in [0.4, 0.5) is 20.2 Å². The van der Waals surface area contributed by atoms with Crippen molar-refractivity contribution in [1.82, 2.24) is 0 Å². The van der Waals surface area contributed by atoms with Gasteiger partial charge in [0.05, 0.1) is 12.0 Å². The first-order valence-electron chi connectivity index (χ1n) is 8.17. The molecule has 3 rings (SSSR count). The molecule has 6 nitrogen and oxygen atoms in total. The maximum atomic E-state index is 13.7. The number of piperidine rings is 1.